The molecular formula is C24H42N2O8. The Bertz CT molecular complexity index is 711. The van der Waals surface area contributed by atoms with Gasteiger partial charge in [0.25, 0.3) is 0 Å². The first kappa shape index (κ1) is 29.5. The van der Waals surface area contributed by atoms with Crippen LogP contribution in [0.15, 0.2) is 0 Å². The van der Waals surface area contributed by atoms with Crippen LogP contribution in [0, 0.1) is 16.7 Å². The largest absolute Gasteiger partial charge is 0.469 e. The molecular weight excluding hydrogens is 444 g/mol. The van der Waals surface area contributed by atoms with Crippen LogP contribution < -0.4 is 10.6 Å². The van der Waals surface area contributed by atoms with E-state index in [1.807, 2.05) is 0 Å². The molecule has 1 aliphatic carbocycles. The van der Waals surface area contributed by atoms with Crippen molar-refractivity contribution in [2.75, 3.05) is 27.3 Å². The number of amides is 2. The number of esters is 2. The van der Waals surface area contributed by atoms with Crippen LogP contribution in [0.25, 0.3) is 0 Å². The van der Waals surface area contributed by atoms with Crippen LogP contribution in [0.4, 0.5) is 9.59 Å². The van der Waals surface area contributed by atoms with Crippen molar-refractivity contribution < 1.29 is 38.1 Å². The van der Waals surface area contributed by atoms with Gasteiger partial charge in [0.2, 0.25) is 0 Å². The lowest BCUT2D eigenvalue weighted by atomic mass is 9.60. The highest BCUT2D eigenvalue weighted by atomic mass is 16.6. The number of alkyl carbamates (subject to hydrolysis) is 2. The van der Waals surface area contributed by atoms with E-state index in [2.05, 4.69) is 36.1 Å². The third kappa shape index (κ3) is 11.6. The summed E-state index contributed by atoms with van der Waals surface area (Å²) in [6, 6.07) is 0. The lowest BCUT2D eigenvalue weighted by molar-refractivity contribution is -0.152. The second kappa shape index (κ2) is 13.4. The Morgan fingerprint density at radius 3 is 2.26 bits per heavy atom. The van der Waals surface area contributed by atoms with E-state index in [-0.39, 0.29) is 48.1 Å². The highest BCUT2D eigenvalue weighted by Crippen LogP contribution is 2.49. The van der Waals surface area contributed by atoms with E-state index in [9.17, 15) is 19.2 Å². The van der Waals surface area contributed by atoms with Crippen LogP contribution in [0.5, 0.6) is 0 Å². The van der Waals surface area contributed by atoms with Crippen molar-refractivity contribution in [1.82, 2.24) is 10.6 Å². The summed E-state index contributed by atoms with van der Waals surface area (Å²) in [7, 11) is 2.78. The molecule has 1 fully saturated rings. The zero-order valence-electron chi connectivity index (χ0n) is 21.7. The average Bonchev–Trinajstić information content (AvgIpc) is 2.72. The van der Waals surface area contributed by atoms with Crippen molar-refractivity contribution in [3.05, 3.63) is 0 Å². The summed E-state index contributed by atoms with van der Waals surface area (Å²) < 4.78 is 20.3. The Morgan fingerprint density at radius 1 is 0.971 bits per heavy atom. The molecule has 2 N–H and O–H groups in total. The molecule has 10 heteroatoms. The van der Waals surface area contributed by atoms with Crippen molar-refractivity contribution >= 4 is 24.1 Å². The minimum atomic E-state index is -0.573. The Kier molecular flexibility index (Phi) is 11.6. The average molecular weight is 487 g/mol. The van der Waals surface area contributed by atoms with Crippen molar-refractivity contribution in [3.63, 3.8) is 0 Å². The summed E-state index contributed by atoms with van der Waals surface area (Å²) in [4.78, 5) is 47.2. The van der Waals surface area contributed by atoms with Gasteiger partial charge in [-0.15, -0.1) is 0 Å². The fraction of sp³-hybridized carbons (Fsp3) is 0.833. The molecule has 0 spiro atoms. The highest BCUT2D eigenvalue weighted by molar-refractivity contribution is 5.70. The molecule has 34 heavy (non-hydrogen) atoms. The number of methoxy groups -OCH3 is 1. The normalized spacial score (nSPS) is 23.1. The molecule has 2 amide bonds. The maximum Gasteiger partial charge on any atom is 0.407 e. The number of nitrogens with one attached hydrogen (secondary N) is 2. The quantitative estimate of drug-likeness (QED) is 0.335. The third-order valence-electron chi connectivity index (χ3n) is 5.92. The zero-order valence-corrected chi connectivity index (χ0v) is 21.7. The lowest BCUT2D eigenvalue weighted by Crippen LogP contribution is -2.44. The minimum absolute atomic E-state index is 0.00865. The van der Waals surface area contributed by atoms with E-state index in [0.717, 1.165) is 19.3 Å². The summed E-state index contributed by atoms with van der Waals surface area (Å²) in [6.07, 6.45) is 1.31. The third-order valence-corrected chi connectivity index (χ3v) is 5.92. The molecule has 4 unspecified atom stereocenters. The van der Waals surface area contributed by atoms with Gasteiger partial charge in [0.05, 0.1) is 7.11 Å². The van der Waals surface area contributed by atoms with Gasteiger partial charge >= 0.3 is 24.1 Å². The number of carbonyl (C=O) groups is 4. The Morgan fingerprint density at radius 2 is 1.65 bits per heavy atom. The smallest absolute Gasteiger partial charge is 0.407 e. The number of ether oxygens (including phenoxy) is 4. The van der Waals surface area contributed by atoms with Gasteiger partial charge in [-0.3, -0.25) is 9.59 Å². The Hall–Kier alpha value is -2.52. The highest BCUT2D eigenvalue weighted by Gasteiger charge is 2.42. The molecule has 0 aromatic heterocycles. The van der Waals surface area contributed by atoms with Crippen LogP contribution in [-0.4, -0.2) is 63.6 Å². The summed E-state index contributed by atoms with van der Waals surface area (Å²) in [5.41, 5.74) is -0.222. The molecule has 0 bridgehead atoms. The van der Waals surface area contributed by atoms with Crippen molar-refractivity contribution in [2.24, 2.45) is 16.7 Å². The first-order valence-electron chi connectivity index (χ1n) is 11.8. The van der Waals surface area contributed by atoms with Gasteiger partial charge in [0, 0.05) is 26.4 Å². The number of hydrogen-bond acceptors (Lipinski definition) is 8. The van der Waals surface area contributed by atoms with E-state index in [4.69, 9.17) is 14.2 Å². The van der Waals surface area contributed by atoms with Crippen LogP contribution in [0.3, 0.4) is 0 Å². The standard InChI is InChI=1S/C24H42N2O8/c1-16(8-9-19(27)31-7)34-22(30)26-15-24(5)12-18(11-23(3,4)14-24)10-20(28)33-17(2)13-32-21(29)25-6/h16-18H,8-15H2,1-7H3,(H,25,29)(H,26,30). The molecule has 1 aliphatic rings. The SMILES string of the molecule is CNC(=O)OCC(C)OC(=O)CC1CC(C)(C)CC(C)(CNC(=O)OC(C)CCC(=O)OC)C1. The van der Waals surface area contributed by atoms with Crippen LogP contribution in [0.1, 0.15) is 73.1 Å². The predicted octanol–water partition coefficient (Wildman–Crippen LogP) is 3.56. The molecule has 0 aliphatic heterocycles. The lowest BCUT2D eigenvalue weighted by Gasteiger charge is -2.46. The fourth-order valence-corrected chi connectivity index (χ4v) is 4.93. The predicted molar refractivity (Wildman–Crippen MR) is 125 cm³/mol. The van der Waals surface area contributed by atoms with E-state index in [1.165, 1.54) is 14.2 Å². The van der Waals surface area contributed by atoms with Crippen LogP contribution in [0.2, 0.25) is 0 Å². The number of rotatable bonds is 11. The topological polar surface area (TPSA) is 129 Å². The van der Waals surface area contributed by atoms with E-state index >= 15 is 0 Å². The Labute approximate surface area is 202 Å². The number of carbonyl (C=O) groups excluding carboxylic acids is 4. The number of hydrogen-bond donors (Lipinski definition) is 2. The fourth-order valence-electron chi connectivity index (χ4n) is 4.93. The monoisotopic (exact) mass is 486 g/mol. The maximum atomic E-state index is 12.5. The Balaban J connectivity index is 2.56. The molecule has 1 saturated carbocycles. The van der Waals surface area contributed by atoms with Crippen molar-refractivity contribution in [1.29, 1.82) is 0 Å². The van der Waals surface area contributed by atoms with Crippen molar-refractivity contribution in [3.8, 4) is 0 Å². The zero-order chi connectivity index (χ0) is 25.9. The molecule has 0 saturated heterocycles. The molecule has 0 heterocycles. The summed E-state index contributed by atoms with van der Waals surface area (Å²) in [6.45, 7) is 10.2. The molecule has 4 atom stereocenters. The maximum absolute atomic E-state index is 12.5. The van der Waals surface area contributed by atoms with Gasteiger partial charge < -0.3 is 29.6 Å². The van der Waals surface area contributed by atoms with E-state index < -0.39 is 24.4 Å². The second-order valence-corrected chi connectivity index (χ2v) is 10.5. The van der Waals surface area contributed by atoms with Crippen molar-refractivity contribution in [2.45, 2.75) is 85.4 Å². The minimum Gasteiger partial charge on any atom is -0.469 e. The van der Waals surface area contributed by atoms with Gasteiger partial charge in [0.1, 0.15) is 18.8 Å². The van der Waals surface area contributed by atoms with Crippen LogP contribution in [-0.2, 0) is 28.5 Å². The van der Waals surface area contributed by atoms with E-state index in [1.54, 1.807) is 13.8 Å². The van der Waals surface area contributed by atoms with Crippen LogP contribution >= 0.6 is 0 Å². The first-order valence-corrected chi connectivity index (χ1v) is 11.8. The van der Waals surface area contributed by atoms with E-state index in [0.29, 0.717) is 13.0 Å². The molecule has 0 aromatic carbocycles. The molecule has 0 radical (unpaired) electrons. The van der Waals surface area contributed by atoms with Gasteiger partial charge in [-0.05, 0) is 56.3 Å². The van der Waals surface area contributed by atoms with Gasteiger partial charge in [-0.1, -0.05) is 20.8 Å². The second-order valence-electron chi connectivity index (χ2n) is 10.5. The molecule has 10 nitrogen and oxygen atoms in total. The molecule has 1 rings (SSSR count). The summed E-state index contributed by atoms with van der Waals surface area (Å²) in [5, 5.41) is 5.20. The van der Waals surface area contributed by atoms with Gasteiger partial charge in [-0.2, -0.15) is 0 Å². The summed E-state index contributed by atoms with van der Waals surface area (Å²) in [5.74, 6) is -0.569. The van der Waals surface area contributed by atoms with Gasteiger partial charge in [-0.25, -0.2) is 9.59 Å². The summed E-state index contributed by atoms with van der Waals surface area (Å²) >= 11 is 0. The molecule has 196 valence electrons. The molecule has 0 aromatic rings. The first-order chi connectivity index (χ1) is 15.8. The van der Waals surface area contributed by atoms with Gasteiger partial charge in [0.15, 0.2) is 0 Å².